The Labute approximate surface area is 99.4 Å². The van der Waals surface area contributed by atoms with Crippen LogP contribution in [0.3, 0.4) is 0 Å². The molecule has 0 spiro atoms. The van der Waals surface area contributed by atoms with Crippen LogP contribution in [0.4, 0.5) is 13.2 Å². The van der Waals surface area contributed by atoms with Crippen molar-refractivity contribution in [2.24, 2.45) is 5.73 Å². The summed E-state index contributed by atoms with van der Waals surface area (Å²) in [5.41, 5.74) is 4.77. The number of nitrogens with two attached hydrogens (primary N) is 1. The zero-order chi connectivity index (χ0) is 12.5. The smallest absolute Gasteiger partial charge is 0.387 e. The van der Waals surface area contributed by atoms with Crippen molar-refractivity contribution in [3.63, 3.8) is 0 Å². The van der Waals surface area contributed by atoms with Gasteiger partial charge < -0.3 is 10.8 Å². The van der Waals surface area contributed by atoms with Gasteiger partial charge >= 0.3 is 6.18 Å². The molecule has 0 aliphatic rings. The second-order valence-electron chi connectivity index (χ2n) is 3.57. The molecule has 0 aliphatic carbocycles. The van der Waals surface area contributed by atoms with Crippen LogP contribution in [0.1, 0.15) is 24.2 Å². The lowest BCUT2D eigenvalue weighted by Crippen LogP contribution is -2.24. The van der Waals surface area contributed by atoms with Crippen LogP contribution in [0, 0.1) is 0 Å². The molecule has 2 atom stereocenters. The summed E-state index contributed by atoms with van der Waals surface area (Å²) < 4.78 is 37.7. The van der Waals surface area contributed by atoms with Crippen LogP contribution in [0.15, 0.2) is 22.7 Å². The second-order valence-corrected chi connectivity index (χ2v) is 4.49. The SMILES string of the molecule is C[C@H](N)[C@H](O)c1cc(Br)cc(C(F)(F)F)c1. The third-order valence-electron chi connectivity index (χ3n) is 2.09. The van der Waals surface area contributed by atoms with E-state index in [4.69, 9.17) is 5.73 Å². The van der Waals surface area contributed by atoms with E-state index in [1.54, 1.807) is 0 Å². The maximum Gasteiger partial charge on any atom is 0.416 e. The standard InChI is InChI=1S/C10H11BrF3NO/c1-5(15)9(16)6-2-7(10(12,13)14)4-8(11)3-6/h2-5,9,16H,15H2,1H3/t5-,9-/m0/s1. The first kappa shape index (κ1) is 13.5. The molecule has 3 N–H and O–H groups in total. The van der Waals surface area contributed by atoms with Gasteiger partial charge in [0.15, 0.2) is 0 Å². The molecule has 16 heavy (non-hydrogen) atoms. The van der Waals surface area contributed by atoms with E-state index >= 15 is 0 Å². The number of alkyl halides is 3. The van der Waals surface area contributed by atoms with Gasteiger partial charge in [0.25, 0.3) is 0 Å². The topological polar surface area (TPSA) is 46.2 Å². The van der Waals surface area contributed by atoms with Gasteiger partial charge in [-0.1, -0.05) is 15.9 Å². The molecular formula is C10H11BrF3NO. The first-order chi connectivity index (χ1) is 7.21. The van der Waals surface area contributed by atoms with Crippen molar-refractivity contribution in [2.45, 2.75) is 25.2 Å². The predicted molar refractivity (Wildman–Crippen MR) is 57.8 cm³/mol. The van der Waals surface area contributed by atoms with Gasteiger partial charge in [-0.2, -0.15) is 13.2 Å². The quantitative estimate of drug-likeness (QED) is 0.882. The Morgan fingerprint density at radius 2 is 1.88 bits per heavy atom. The average molecular weight is 298 g/mol. The van der Waals surface area contributed by atoms with Crippen molar-refractivity contribution in [3.8, 4) is 0 Å². The lowest BCUT2D eigenvalue weighted by Gasteiger charge is -2.17. The molecule has 0 radical (unpaired) electrons. The molecule has 0 amide bonds. The van der Waals surface area contributed by atoms with Crippen molar-refractivity contribution in [2.75, 3.05) is 0 Å². The summed E-state index contributed by atoms with van der Waals surface area (Å²) in [6, 6.07) is 2.65. The van der Waals surface area contributed by atoms with Gasteiger partial charge in [0, 0.05) is 10.5 Å². The summed E-state index contributed by atoms with van der Waals surface area (Å²) >= 11 is 2.97. The van der Waals surface area contributed by atoms with Gasteiger partial charge in [-0.05, 0) is 30.7 Å². The van der Waals surface area contributed by atoms with Crippen LogP contribution in [0.5, 0.6) is 0 Å². The zero-order valence-electron chi connectivity index (χ0n) is 8.42. The molecule has 0 saturated carbocycles. The van der Waals surface area contributed by atoms with Gasteiger partial charge in [-0.3, -0.25) is 0 Å². The van der Waals surface area contributed by atoms with Gasteiger partial charge in [0.2, 0.25) is 0 Å². The molecule has 0 heterocycles. The third-order valence-corrected chi connectivity index (χ3v) is 2.54. The highest BCUT2D eigenvalue weighted by atomic mass is 79.9. The number of hydrogen-bond donors (Lipinski definition) is 2. The minimum atomic E-state index is -4.43. The van der Waals surface area contributed by atoms with Gasteiger partial charge in [0.05, 0.1) is 11.7 Å². The van der Waals surface area contributed by atoms with Crippen LogP contribution in [0.2, 0.25) is 0 Å². The molecule has 1 rings (SSSR count). The fraction of sp³-hybridized carbons (Fsp3) is 0.400. The summed E-state index contributed by atoms with van der Waals surface area (Å²) in [5, 5.41) is 9.60. The Balaban J connectivity index is 3.18. The van der Waals surface area contributed by atoms with Crippen LogP contribution in [-0.4, -0.2) is 11.1 Å². The molecule has 0 bridgehead atoms. The monoisotopic (exact) mass is 297 g/mol. The minimum Gasteiger partial charge on any atom is -0.387 e. The van der Waals surface area contributed by atoms with Crippen molar-refractivity contribution >= 4 is 15.9 Å². The fourth-order valence-electron chi connectivity index (χ4n) is 1.25. The van der Waals surface area contributed by atoms with Crippen molar-refractivity contribution in [1.29, 1.82) is 0 Å². The number of aliphatic hydroxyl groups excluding tert-OH is 1. The third kappa shape index (κ3) is 3.20. The summed E-state index contributed by atoms with van der Waals surface area (Å²) in [6.07, 6.45) is -5.55. The highest BCUT2D eigenvalue weighted by molar-refractivity contribution is 9.10. The molecule has 0 saturated heterocycles. The van der Waals surface area contributed by atoms with E-state index in [1.165, 1.54) is 13.0 Å². The molecule has 0 fully saturated rings. The summed E-state index contributed by atoms with van der Waals surface area (Å²) in [7, 11) is 0. The largest absolute Gasteiger partial charge is 0.416 e. The van der Waals surface area contributed by atoms with E-state index in [9.17, 15) is 18.3 Å². The normalized spacial score (nSPS) is 15.9. The van der Waals surface area contributed by atoms with Crippen molar-refractivity contribution in [1.82, 2.24) is 0 Å². The molecule has 1 aromatic carbocycles. The molecule has 1 aromatic rings. The van der Waals surface area contributed by atoms with Gasteiger partial charge in [-0.25, -0.2) is 0 Å². The second kappa shape index (κ2) is 4.73. The fourth-order valence-corrected chi connectivity index (χ4v) is 1.76. The lowest BCUT2D eigenvalue weighted by molar-refractivity contribution is -0.137. The Kier molecular flexibility index (Phi) is 3.98. The average Bonchev–Trinajstić information content (AvgIpc) is 2.14. The predicted octanol–water partition coefficient (Wildman–Crippen LogP) is 2.85. The summed E-state index contributed by atoms with van der Waals surface area (Å²) in [4.78, 5) is 0. The molecule has 2 nitrogen and oxygen atoms in total. The molecule has 0 unspecified atom stereocenters. The van der Waals surface area contributed by atoms with Crippen LogP contribution >= 0.6 is 15.9 Å². The van der Waals surface area contributed by atoms with E-state index < -0.39 is 23.9 Å². The highest BCUT2D eigenvalue weighted by Gasteiger charge is 2.31. The Bertz CT molecular complexity index is 379. The molecule has 90 valence electrons. The van der Waals surface area contributed by atoms with E-state index in [1.807, 2.05) is 0 Å². The van der Waals surface area contributed by atoms with Crippen LogP contribution < -0.4 is 5.73 Å². The number of rotatable bonds is 2. The Morgan fingerprint density at radius 3 is 2.31 bits per heavy atom. The van der Waals surface area contributed by atoms with Crippen LogP contribution in [0.25, 0.3) is 0 Å². The Hall–Kier alpha value is -0.590. The van der Waals surface area contributed by atoms with Crippen molar-refractivity contribution in [3.05, 3.63) is 33.8 Å². The van der Waals surface area contributed by atoms with E-state index in [2.05, 4.69) is 15.9 Å². The molecule has 6 heteroatoms. The summed E-state index contributed by atoms with van der Waals surface area (Å²) in [6.45, 7) is 1.53. The number of benzene rings is 1. The van der Waals surface area contributed by atoms with Gasteiger partial charge in [0.1, 0.15) is 0 Å². The van der Waals surface area contributed by atoms with Crippen molar-refractivity contribution < 1.29 is 18.3 Å². The maximum absolute atomic E-state index is 12.5. The van der Waals surface area contributed by atoms with Crippen LogP contribution in [-0.2, 0) is 6.18 Å². The van der Waals surface area contributed by atoms with E-state index in [0.29, 0.717) is 0 Å². The summed E-state index contributed by atoms with van der Waals surface area (Å²) in [5.74, 6) is 0. The minimum absolute atomic E-state index is 0.150. The lowest BCUT2D eigenvalue weighted by atomic mass is 10.0. The first-order valence-electron chi connectivity index (χ1n) is 4.53. The number of hydrogen-bond acceptors (Lipinski definition) is 2. The van der Waals surface area contributed by atoms with E-state index in [-0.39, 0.29) is 10.0 Å². The first-order valence-corrected chi connectivity index (χ1v) is 5.32. The number of halogens is 4. The molecule has 0 aromatic heterocycles. The maximum atomic E-state index is 12.5. The van der Waals surface area contributed by atoms with Gasteiger partial charge in [-0.15, -0.1) is 0 Å². The number of aliphatic hydroxyl groups is 1. The highest BCUT2D eigenvalue weighted by Crippen LogP contribution is 2.33. The zero-order valence-corrected chi connectivity index (χ0v) is 10.0. The Morgan fingerprint density at radius 1 is 1.31 bits per heavy atom. The molecular weight excluding hydrogens is 287 g/mol. The van der Waals surface area contributed by atoms with E-state index in [0.717, 1.165) is 12.1 Å². The molecule has 0 aliphatic heterocycles.